The van der Waals surface area contributed by atoms with Crippen molar-refractivity contribution in [1.82, 2.24) is 0 Å². The van der Waals surface area contributed by atoms with Crippen molar-refractivity contribution in [3.63, 3.8) is 0 Å². The molecule has 3 heteroatoms. The summed E-state index contributed by atoms with van der Waals surface area (Å²) in [4.78, 5) is 11.4. The first kappa shape index (κ1) is 15.3. The molecule has 0 radical (unpaired) electrons. The van der Waals surface area contributed by atoms with Crippen LogP contribution in [0.5, 0.6) is 0 Å². The van der Waals surface area contributed by atoms with E-state index in [4.69, 9.17) is 4.74 Å². The zero-order valence-electron chi connectivity index (χ0n) is 12.4. The number of carbonyl (C=O) groups is 1. The third kappa shape index (κ3) is 4.17. The van der Waals surface area contributed by atoms with Crippen LogP contribution < -0.4 is 0 Å². The van der Waals surface area contributed by atoms with Crippen LogP contribution in [-0.4, -0.2) is 17.2 Å². The summed E-state index contributed by atoms with van der Waals surface area (Å²) in [5.74, 6) is -0.924. The summed E-state index contributed by atoms with van der Waals surface area (Å²) < 4.78 is 5.59. The summed E-state index contributed by atoms with van der Waals surface area (Å²) in [7, 11) is 0. The second kappa shape index (κ2) is 7.04. The first-order valence-corrected chi connectivity index (χ1v) is 7.01. The van der Waals surface area contributed by atoms with Crippen LogP contribution in [0.2, 0.25) is 0 Å². The van der Waals surface area contributed by atoms with Crippen molar-refractivity contribution in [2.24, 2.45) is 0 Å². The Labute approximate surface area is 125 Å². The van der Waals surface area contributed by atoms with Crippen molar-refractivity contribution in [3.05, 3.63) is 70.8 Å². The Morgan fingerprint density at radius 2 is 1.81 bits per heavy atom. The molecule has 0 saturated carbocycles. The fraction of sp³-hybridized carbons (Fsp3) is 0.278. The molecule has 0 amide bonds. The summed E-state index contributed by atoms with van der Waals surface area (Å²) in [5.41, 5.74) is 4.30. The molecule has 0 fully saturated rings. The van der Waals surface area contributed by atoms with Gasteiger partial charge in [-0.3, -0.25) is 0 Å². The molecule has 0 aromatic heterocycles. The van der Waals surface area contributed by atoms with E-state index in [2.05, 4.69) is 0 Å². The van der Waals surface area contributed by atoms with Gasteiger partial charge in [-0.25, -0.2) is 4.79 Å². The second-order valence-electron chi connectivity index (χ2n) is 5.19. The summed E-state index contributed by atoms with van der Waals surface area (Å²) in [5, 5.41) is 9.35. The Morgan fingerprint density at radius 1 is 1.10 bits per heavy atom. The van der Waals surface area contributed by atoms with Gasteiger partial charge in [0.1, 0.15) is 0 Å². The fourth-order valence-electron chi connectivity index (χ4n) is 2.22. The zero-order chi connectivity index (χ0) is 15.2. The van der Waals surface area contributed by atoms with Gasteiger partial charge in [-0.2, -0.15) is 0 Å². The van der Waals surface area contributed by atoms with Crippen LogP contribution in [0.15, 0.2) is 48.5 Å². The van der Waals surface area contributed by atoms with Crippen LogP contribution in [0.1, 0.15) is 22.3 Å². The first-order valence-electron chi connectivity index (χ1n) is 7.01. The van der Waals surface area contributed by atoms with Gasteiger partial charge in [0.2, 0.25) is 0 Å². The Hall–Kier alpha value is -2.13. The van der Waals surface area contributed by atoms with E-state index in [1.807, 2.05) is 62.4 Å². The number of aliphatic carboxylic acids is 1. The maximum atomic E-state index is 11.4. The molecule has 0 aliphatic rings. The molecule has 1 N–H and O–H groups in total. The van der Waals surface area contributed by atoms with Gasteiger partial charge in [0.25, 0.3) is 0 Å². The average Bonchev–Trinajstić information content (AvgIpc) is 2.48. The lowest BCUT2D eigenvalue weighted by Crippen LogP contribution is -2.26. The number of hydrogen-bond donors (Lipinski definition) is 1. The lowest BCUT2D eigenvalue weighted by Gasteiger charge is -2.16. The number of ether oxygens (including phenoxy) is 1. The first-order chi connectivity index (χ1) is 10.1. The van der Waals surface area contributed by atoms with E-state index < -0.39 is 12.1 Å². The normalized spacial score (nSPS) is 12.1. The number of aryl methyl sites for hydroxylation is 1. The van der Waals surface area contributed by atoms with Gasteiger partial charge in [0.05, 0.1) is 6.61 Å². The number of hydrogen-bond acceptors (Lipinski definition) is 2. The monoisotopic (exact) mass is 284 g/mol. The highest BCUT2D eigenvalue weighted by Crippen LogP contribution is 2.16. The Morgan fingerprint density at radius 3 is 2.48 bits per heavy atom. The van der Waals surface area contributed by atoms with Gasteiger partial charge in [0.15, 0.2) is 6.10 Å². The lowest BCUT2D eigenvalue weighted by molar-refractivity contribution is -0.151. The highest BCUT2D eigenvalue weighted by atomic mass is 16.5. The standard InChI is InChI=1S/C18H20O3/c1-13-7-6-10-16(14(13)2)11-17(18(19)20)21-12-15-8-4-3-5-9-15/h3-10,17H,11-12H2,1-2H3,(H,19,20)/t17-/m1/s1. The number of rotatable bonds is 6. The second-order valence-corrected chi connectivity index (χ2v) is 5.19. The van der Waals surface area contributed by atoms with E-state index in [1.165, 1.54) is 5.56 Å². The molecule has 2 rings (SSSR count). The molecule has 3 nitrogen and oxygen atoms in total. The number of benzene rings is 2. The van der Waals surface area contributed by atoms with E-state index >= 15 is 0 Å². The molecule has 2 aromatic carbocycles. The molecule has 0 unspecified atom stereocenters. The van der Waals surface area contributed by atoms with E-state index in [-0.39, 0.29) is 0 Å². The smallest absolute Gasteiger partial charge is 0.333 e. The summed E-state index contributed by atoms with van der Waals surface area (Å²) >= 11 is 0. The highest BCUT2D eigenvalue weighted by Gasteiger charge is 2.20. The Bertz CT molecular complexity index is 605. The third-order valence-corrected chi connectivity index (χ3v) is 3.69. The molecule has 21 heavy (non-hydrogen) atoms. The molecule has 110 valence electrons. The Kier molecular flexibility index (Phi) is 5.12. The van der Waals surface area contributed by atoms with Crippen molar-refractivity contribution in [2.75, 3.05) is 0 Å². The van der Waals surface area contributed by atoms with E-state index in [0.717, 1.165) is 16.7 Å². The van der Waals surface area contributed by atoms with Gasteiger partial charge >= 0.3 is 5.97 Å². The summed E-state index contributed by atoms with van der Waals surface area (Å²) in [6, 6.07) is 15.6. The predicted octanol–water partition coefficient (Wildman–Crippen LogP) is 3.52. The minimum Gasteiger partial charge on any atom is -0.479 e. The molecule has 0 saturated heterocycles. The predicted molar refractivity (Wildman–Crippen MR) is 82.3 cm³/mol. The average molecular weight is 284 g/mol. The van der Waals surface area contributed by atoms with E-state index in [1.54, 1.807) is 0 Å². The van der Waals surface area contributed by atoms with Crippen molar-refractivity contribution in [3.8, 4) is 0 Å². The molecule has 0 aliphatic heterocycles. The summed E-state index contributed by atoms with van der Waals surface area (Å²) in [6.07, 6.45) is -0.443. The molecule has 0 bridgehead atoms. The third-order valence-electron chi connectivity index (χ3n) is 3.69. The van der Waals surface area contributed by atoms with Crippen LogP contribution in [0.3, 0.4) is 0 Å². The minimum atomic E-state index is -0.924. The van der Waals surface area contributed by atoms with Crippen molar-refractivity contribution in [1.29, 1.82) is 0 Å². The topological polar surface area (TPSA) is 46.5 Å². The van der Waals surface area contributed by atoms with Crippen molar-refractivity contribution < 1.29 is 14.6 Å². The van der Waals surface area contributed by atoms with Gasteiger partial charge in [-0.1, -0.05) is 48.5 Å². The van der Waals surface area contributed by atoms with Crippen LogP contribution in [-0.2, 0) is 22.6 Å². The molecular weight excluding hydrogens is 264 g/mol. The molecule has 1 atom stereocenters. The van der Waals surface area contributed by atoms with Gasteiger partial charge < -0.3 is 9.84 Å². The van der Waals surface area contributed by atoms with Gasteiger partial charge in [-0.15, -0.1) is 0 Å². The molecular formula is C18H20O3. The lowest BCUT2D eigenvalue weighted by atomic mass is 9.98. The summed E-state index contributed by atoms with van der Waals surface area (Å²) in [6.45, 7) is 4.35. The molecule has 2 aromatic rings. The quantitative estimate of drug-likeness (QED) is 0.883. The largest absolute Gasteiger partial charge is 0.479 e. The highest BCUT2D eigenvalue weighted by molar-refractivity contribution is 5.72. The minimum absolute atomic E-state index is 0.308. The zero-order valence-corrected chi connectivity index (χ0v) is 12.4. The van der Waals surface area contributed by atoms with Crippen molar-refractivity contribution >= 4 is 5.97 Å². The van der Waals surface area contributed by atoms with Crippen LogP contribution in [0.25, 0.3) is 0 Å². The SMILES string of the molecule is Cc1cccc(C[C@@H](OCc2ccccc2)C(=O)O)c1C. The molecule has 0 aliphatic carbocycles. The maximum Gasteiger partial charge on any atom is 0.333 e. The fourth-order valence-corrected chi connectivity index (χ4v) is 2.22. The van der Waals surface area contributed by atoms with E-state index in [9.17, 15) is 9.90 Å². The van der Waals surface area contributed by atoms with Gasteiger partial charge in [0, 0.05) is 6.42 Å². The van der Waals surface area contributed by atoms with Crippen molar-refractivity contribution in [2.45, 2.75) is 33.0 Å². The Balaban J connectivity index is 2.06. The van der Waals surface area contributed by atoms with Crippen LogP contribution >= 0.6 is 0 Å². The van der Waals surface area contributed by atoms with Gasteiger partial charge in [-0.05, 0) is 36.1 Å². The van der Waals surface area contributed by atoms with Crippen LogP contribution in [0.4, 0.5) is 0 Å². The molecule has 0 spiro atoms. The van der Waals surface area contributed by atoms with E-state index in [0.29, 0.717) is 13.0 Å². The number of carboxylic acid groups (broad SMARTS) is 1. The number of carboxylic acids is 1. The maximum absolute atomic E-state index is 11.4. The molecule has 0 heterocycles. The van der Waals surface area contributed by atoms with Crippen LogP contribution in [0, 0.1) is 13.8 Å².